The molecule has 4 aromatic rings. The normalized spacial score (nSPS) is 17.5. The number of aromatic nitrogens is 4. The molecule has 6 rings (SSSR count). The van der Waals surface area contributed by atoms with Gasteiger partial charge in [-0.1, -0.05) is 76.2 Å². The second kappa shape index (κ2) is 20.8. The number of carbonyl (C=O) groups is 6. The molecule has 18 nitrogen and oxygen atoms in total. The maximum Gasteiger partial charge on any atom is 0.552 e. The predicted molar refractivity (Wildman–Crippen MR) is 225 cm³/mol. The number of anilines is 1. The van der Waals surface area contributed by atoms with E-state index in [0.717, 1.165) is 11.1 Å². The lowest BCUT2D eigenvalue weighted by Crippen LogP contribution is -2.55. The number of hydrogen-bond acceptors (Lipinski definition) is 14. The zero-order valence-corrected chi connectivity index (χ0v) is 35.0. The average molecular weight is 847 g/mol. The molecule has 2 aromatic carbocycles. The van der Waals surface area contributed by atoms with Crippen LogP contribution in [-0.2, 0) is 44.2 Å². The van der Waals surface area contributed by atoms with Gasteiger partial charge in [-0.05, 0) is 48.8 Å². The number of benzene rings is 2. The SMILES string of the molecule is Cc1ccccc1N(C(=O)CNC(=O)c1cnccn1)[C@@H](CC(C)C)B1OC(=O)C(C2OB([C@H](CC(C)C)NC(=O)C(Cc3ccccc3)NC(=O)c3cnccn3)OC2=O)O1. The first-order valence-electron chi connectivity index (χ1n) is 20.3. The summed E-state index contributed by atoms with van der Waals surface area (Å²) in [7, 11) is -2.72. The van der Waals surface area contributed by atoms with E-state index in [1.165, 1.54) is 42.1 Å². The molecular formula is C42H48B2N8O10. The molecule has 0 radical (unpaired) electrons. The fourth-order valence-corrected chi connectivity index (χ4v) is 7.19. The van der Waals surface area contributed by atoms with Crippen LogP contribution in [0.3, 0.4) is 0 Å². The van der Waals surface area contributed by atoms with Crippen LogP contribution < -0.4 is 20.9 Å². The first-order valence-corrected chi connectivity index (χ1v) is 20.3. The zero-order chi connectivity index (χ0) is 44.3. The van der Waals surface area contributed by atoms with Gasteiger partial charge in [0.15, 0.2) is 12.2 Å². The Bertz CT molecular complexity index is 2210. The molecule has 62 heavy (non-hydrogen) atoms. The average Bonchev–Trinajstić information content (AvgIpc) is 3.84. The minimum absolute atomic E-state index is 0.0157. The van der Waals surface area contributed by atoms with Crippen LogP contribution in [0.15, 0.2) is 91.8 Å². The van der Waals surface area contributed by atoms with Gasteiger partial charge in [-0.25, -0.2) is 9.97 Å². The maximum atomic E-state index is 14.2. The molecule has 4 amide bonds. The summed E-state index contributed by atoms with van der Waals surface area (Å²) in [6, 6.07) is 15.1. The molecule has 0 spiro atoms. The molecule has 0 bridgehead atoms. The van der Waals surface area contributed by atoms with Crippen molar-refractivity contribution in [3.8, 4) is 0 Å². The molecule has 2 saturated heterocycles. The van der Waals surface area contributed by atoms with Gasteiger partial charge in [-0.3, -0.25) is 38.7 Å². The number of amides is 4. The van der Waals surface area contributed by atoms with Crippen molar-refractivity contribution in [2.75, 3.05) is 11.4 Å². The molecule has 3 N–H and O–H groups in total. The van der Waals surface area contributed by atoms with E-state index in [1.54, 1.807) is 12.1 Å². The van der Waals surface area contributed by atoms with Crippen LogP contribution in [0, 0.1) is 18.8 Å². The Morgan fingerprint density at radius 3 is 1.90 bits per heavy atom. The van der Waals surface area contributed by atoms with Crippen molar-refractivity contribution < 1.29 is 47.4 Å². The highest BCUT2D eigenvalue weighted by Gasteiger charge is 2.58. The van der Waals surface area contributed by atoms with Crippen molar-refractivity contribution in [1.82, 2.24) is 35.9 Å². The molecular weight excluding hydrogens is 798 g/mol. The van der Waals surface area contributed by atoms with Gasteiger partial charge >= 0.3 is 26.2 Å². The van der Waals surface area contributed by atoms with Crippen molar-refractivity contribution in [3.63, 3.8) is 0 Å². The van der Waals surface area contributed by atoms with Gasteiger partial charge < -0.3 is 39.5 Å². The Kier molecular flexibility index (Phi) is 15.1. The number of nitrogens with zero attached hydrogens (tertiary/aromatic N) is 5. The summed E-state index contributed by atoms with van der Waals surface area (Å²) in [5.74, 6) is -6.12. The van der Waals surface area contributed by atoms with Crippen LogP contribution >= 0.6 is 0 Å². The molecule has 3 unspecified atom stereocenters. The highest BCUT2D eigenvalue weighted by molar-refractivity contribution is 6.53. The van der Waals surface area contributed by atoms with Crippen molar-refractivity contribution in [1.29, 1.82) is 0 Å². The van der Waals surface area contributed by atoms with E-state index in [2.05, 4.69) is 35.9 Å². The van der Waals surface area contributed by atoms with E-state index in [-0.39, 0.29) is 42.5 Å². The largest absolute Gasteiger partial charge is 0.552 e. The van der Waals surface area contributed by atoms with E-state index < -0.39 is 86.5 Å². The number of nitrogens with one attached hydrogen (secondary N) is 3. The molecule has 2 fully saturated rings. The van der Waals surface area contributed by atoms with Crippen LogP contribution in [0.2, 0.25) is 0 Å². The zero-order valence-electron chi connectivity index (χ0n) is 35.0. The van der Waals surface area contributed by atoms with Gasteiger partial charge in [0.05, 0.1) is 30.8 Å². The number of aryl methyl sites for hydroxylation is 1. The van der Waals surface area contributed by atoms with Crippen molar-refractivity contribution in [2.24, 2.45) is 11.8 Å². The van der Waals surface area contributed by atoms with E-state index >= 15 is 0 Å². The Morgan fingerprint density at radius 1 is 0.726 bits per heavy atom. The molecule has 2 aliphatic heterocycles. The van der Waals surface area contributed by atoms with Crippen LogP contribution in [-0.4, -0.2) is 106 Å². The van der Waals surface area contributed by atoms with Crippen LogP contribution in [0.25, 0.3) is 0 Å². The number of rotatable bonds is 18. The highest BCUT2D eigenvalue weighted by Crippen LogP contribution is 2.32. The second-order valence-electron chi connectivity index (χ2n) is 15.8. The first-order chi connectivity index (χ1) is 29.8. The first kappa shape index (κ1) is 45.0. The Labute approximate surface area is 359 Å². The molecule has 322 valence electrons. The molecule has 4 heterocycles. The highest BCUT2D eigenvalue weighted by atomic mass is 16.7. The van der Waals surface area contributed by atoms with E-state index in [1.807, 2.05) is 77.1 Å². The third kappa shape index (κ3) is 11.4. The van der Waals surface area contributed by atoms with Gasteiger partial charge in [-0.15, -0.1) is 0 Å². The summed E-state index contributed by atoms with van der Waals surface area (Å²) in [4.78, 5) is 98.8. The summed E-state index contributed by atoms with van der Waals surface area (Å²) < 4.78 is 23.8. The number of hydrogen-bond donors (Lipinski definition) is 3. The van der Waals surface area contributed by atoms with Crippen LogP contribution in [0.5, 0.6) is 0 Å². The van der Waals surface area contributed by atoms with Gasteiger partial charge in [0.25, 0.3) is 11.8 Å². The minimum atomic E-state index is -1.59. The third-order valence-corrected chi connectivity index (χ3v) is 10.0. The maximum absolute atomic E-state index is 14.2. The molecule has 20 heteroatoms. The molecule has 0 saturated carbocycles. The van der Waals surface area contributed by atoms with Gasteiger partial charge in [0, 0.05) is 36.9 Å². The molecule has 2 aliphatic rings. The number of carbonyl (C=O) groups excluding carboxylic acids is 6. The van der Waals surface area contributed by atoms with Crippen molar-refractivity contribution >= 4 is 55.5 Å². The van der Waals surface area contributed by atoms with E-state index in [0.29, 0.717) is 5.69 Å². The predicted octanol–water partition coefficient (Wildman–Crippen LogP) is 2.26. The summed E-state index contributed by atoms with van der Waals surface area (Å²) in [6.07, 6.45) is 5.63. The van der Waals surface area contributed by atoms with E-state index in [4.69, 9.17) is 18.6 Å². The summed E-state index contributed by atoms with van der Waals surface area (Å²) in [6.45, 7) is 9.04. The van der Waals surface area contributed by atoms with Gasteiger partial charge in [-0.2, -0.15) is 0 Å². The number of para-hydroxylation sites is 1. The fourth-order valence-electron chi connectivity index (χ4n) is 7.19. The lowest BCUT2D eigenvalue weighted by Gasteiger charge is -2.34. The van der Waals surface area contributed by atoms with Crippen LogP contribution in [0.1, 0.15) is 72.6 Å². The molecule has 5 atom stereocenters. The molecule has 0 aliphatic carbocycles. The lowest BCUT2D eigenvalue weighted by atomic mass is 9.72. The topological polar surface area (TPSA) is 230 Å². The lowest BCUT2D eigenvalue weighted by molar-refractivity contribution is -0.147. The summed E-state index contributed by atoms with van der Waals surface area (Å²) in [5.41, 5.74) is 2.02. The quantitative estimate of drug-likeness (QED) is 0.122. The smallest absolute Gasteiger partial charge is 0.506 e. The Morgan fingerprint density at radius 2 is 1.31 bits per heavy atom. The van der Waals surface area contributed by atoms with Crippen molar-refractivity contribution in [2.45, 2.75) is 84.0 Å². The van der Waals surface area contributed by atoms with Gasteiger partial charge in [0.1, 0.15) is 17.4 Å². The van der Waals surface area contributed by atoms with E-state index in [9.17, 15) is 28.8 Å². The fraction of sp³-hybridized carbons (Fsp3) is 0.381. The third-order valence-electron chi connectivity index (χ3n) is 10.0. The van der Waals surface area contributed by atoms with Crippen molar-refractivity contribution in [3.05, 3.63) is 114 Å². The molecule has 2 aromatic heterocycles. The standard InChI is InChI=1S/C42H48B2N8O10/c1-25(2)19-33(51-39(55)29(21-28-12-7-6-8-13-28)50-40(56)31-23-46-16-18-48-31)43-59-36(41(57)61-43)37-42(58)62-44(60-37)34(20-26(3)4)52(32-14-10-9-11-27(32)5)35(53)24-49-38(54)30-22-45-15-17-47-30/h6-18,22-23,25-26,29,33-34,36-37H,19-21,24H2,1-5H3,(H,49,54)(H,50,56)(H,51,55)/t29?,33-,34-,36?,37?/m0/s1. The second-order valence-corrected chi connectivity index (χ2v) is 15.8. The Balaban J connectivity index is 1.20. The summed E-state index contributed by atoms with van der Waals surface area (Å²) >= 11 is 0. The Hall–Kier alpha value is -6.53. The minimum Gasteiger partial charge on any atom is -0.506 e. The van der Waals surface area contributed by atoms with Gasteiger partial charge in [0.2, 0.25) is 11.8 Å². The summed E-state index contributed by atoms with van der Waals surface area (Å²) in [5, 5.41) is 8.25. The van der Waals surface area contributed by atoms with Crippen LogP contribution in [0.4, 0.5) is 5.69 Å². The monoisotopic (exact) mass is 846 g/mol.